The minimum Gasteiger partial charge on any atom is -0.262 e. The summed E-state index contributed by atoms with van der Waals surface area (Å²) in [5, 5.41) is 7.06. The van der Waals surface area contributed by atoms with Crippen molar-refractivity contribution in [3.8, 4) is 0 Å². The molecule has 0 fully saturated rings. The average molecular weight is 204 g/mol. The van der Waals surface area contributed by atoms with E-state index in [-0.39, 0.29) is 40.1 Å². The Bertz CT molecular complexity index is 114. The molecule has 0 aromatic rings. The minimum atomic E-state index is -4.61. The molecule has 0 unspecified atom stereocenters. The molecule has 8 heavy (non-hydrogen) atoms. The summed E-state index contributed by atoms with van der Waals surface area (Å²) in [7, 11) is -4.61. The molecule has 0 aromatic carbocycles. The van der Waals surface area contributed by atoms with Crippen LogP contribution in [0.4, 0.5) is 0 Å². The van der Waals surface area contributed by atoms with Crippen LogP contribution in [0.5, 0.6) is 0 Å². The van der Waals surface area contributed by atoms with Crippen molar-refractivity contribution < 1.29 is 39.6 Å². The van der Waals surface area contributed by atoms with Gasteiger partial charge in [-0.2, -0.15) is 8.42 Å². The molecule has 0 bridgehead atoms. The van der Waals surface area contributed by atoms with E-state index in [1.807, 2.05) is 0 Å². The van der Waals surface area contributed by atoms with Crippen molar-refractivity contribution in [1.82, 2.24) is 0 Å². The molecule has 8 heteroatoms. The van der Waals surface area contributed by atoms with Crippen LogP contribution < -0.4 is 0 Å². The first-order chi connectivity index (χ1) is 2.56. The van der Waals surface area contributed by atoms with Gasteiger partial charge in [0.1, 0.15) is 0 Å². The van der Waals surface area contributed by atoms with Gasteiger partial charge in [-0.15, -0.1) is 0 Å². The molecule has 0 heterocycles. The molecule has 0 atom stereocenters. The van der Waals surface area contributed by atoms with Gasteiger partial charge in [0.2, 0.25) is 0 Å². The van der Waals surface area contributed by atoms with Crippen molar-refractivity contribution >= 4 is 33.5 Å². The zero-order valence-corrected chi connectivity index (χ0v) is 4.59. The SMILES string of the molecule is O=S(=O)(O)OO.[Cu].[MgH2]. The molecule has 0 saturated carbocycles. The van der Waals surface area contributed by atoms with Gasteiger partial charge in [-0.25, -0.2) is 5.26 Å². The molecule has 2 N–H and O–H groups in total. The molecule has 1 radical (unpaired) electrons. The number of rotatable bonds is 1. The smallest absolute Gasteiger partial charge is 0.262 e. The molecule has 0 amide bonds. The summed E-state index contributed by atoms with van der Waals surface area (Å²) < 4.78 is 28.0. The Hall–Kier alpha value is 1.12. The summed E-state index contributed by atoms with van der Waals surface area (Å²) in [5.41, 5.74) is 0. The van der Waals surface area contributed by atoms with Crippen LogP contribution in [0.1, 0.15) is 0 Å². The largest absolute Gasteiger partial charge is 0.423 e. The predicted molar refractivity (Wildman–Crippen MR) is 23.8 cm³/mol. The van der Waals surface area contributed by atoms with E-state index in [2.05, 4.69) is 4.33 Å². The second-order valence-electron chi connectivity index (χ2n) is 0.502. The summed E-state index contributed by atoms with van der Waals surface area (Å²) in [6, 6.07) is 0. The summed E-state index contributed by atoms with van der Waals surface area (Å²) in [5.74, 6) is 0. The molecule has 53 valence electrons. The van der Waals surface area contributed by atoms with Crippen LogP contribution in [0.3, 0.4) is 0 Å². The molecular formula is H4CuMgO5S. The second kappa shape index (κ2) is 6.24. The van der Waals surface area contributed by atoms with Crippen LogP contribution in [0, 0.1) is 0 Å². The second-order valence-corrected chi connectivity index (χ2v) is 1.51. The van der Waals surface area contributed by atoms with E-state index in [4.69, 9.17) is 18.2 Å². The van der Waals surface area contributed by atoms with Gasteiger partial charge in [-0.1, -0.05) is 4.33 Å². The minimum absolute atomic E-state index is 0. The quantitative estimate of drug-likeness (QED) is 0.231. The molecule has 0 aromatic heterocycles. The molecule has 0 aliphatic rings. The summed E-state index contributed by atoms with van der Waals surface area (Å²) in [6.45, 7) is 0. The van der Waals surface area contributed by atoms with Crippen molar-refractivity contribution in [2.45, 2.75) is 0 Å². The molecule has 0 spiro atoms. The average Bonchev–Trinajstić information content (AvgIpc) is 1.35. The van der Waals surface area contributed by atoms with Crippen LogP contribution in [0.2, 0.25) is 0 Å². The fourth-order valence-electron chi connectivity index (χ4n) is 0. The first kappa shape index (κ1) is 16.1. The monoisotopic (exact) mass is 203 g/mol. The van der Waals surface area contributed by atoms with Crippen molar-refractivity contribution in [3.63, 3.8) is 0 Å². The third-order valence-corrected chi connectivity index (χ3v) is 0.283. The first-order valence-electron chi connectivity index (χ1n) is 0.865. The zero-order chi connectivity index (χ0) is 5.21. The van der Waals surface area contributed by atoms with E-state index in [1.54, 1.807) is 0 Å². The fourth-order valence-corrected chi connectivity index (χ4v) is 0. The van der Waals surface area contributed by atoms with Gasteiger partial charge in [0.25, 0.3) is 0 Å². The number of hydrogen-bond acceptors (Lipinski definition) is 4. The molecule has 0 saturated heterocycles. The maximum absolute atomic E-state index is 9.08. The van der Waals surface area contributed by atoms with Crippen LogP contribution in [-0.4, -0.2) is 41.3 Å². The van der Waals surface area contributed by atoms with Gasteiger partial charge < -0.3 is 0 Å². The van der Waals surface area contributed by atoms with Crippen LogP contribution in [-0.2, 0) is 31.8 Å². The van der Waals surface area contributed by atoms with E-state index in [0.29, 0.717) is 0 Å². The predicted octanol–water partition coefficient (Wildman–Crippen LogP) is -1.64. The van der Waals surface area contributed by atoms with Gasteiger partial charge >= 0.3 is 33.5 Å². The van der Waals surface area contributed by atoms with Crippen molar-refractivity contribution in [2.75, 3.05) is 0 Å². The Kier molecular flexibility index (Phi) is 12.5. The standard InChI is InChI=1S/Cu.Mg.H2O5S.2H/c;;1-5-6(2,3)4;;/h;;1H,(H,2,3,4);;. The maximum atomic E-state index is 9.08. The normalized spacial score (nSPS) is 8.75. The van der Waals surface area contributed by atoms with Crippen LogP contribution in [0.15, 0.2) is 0 Å². The Balaban J connectivity index is -0.000000125. The Morgan fingerprint density at radius 1 is 1.38 bits per heavy atom. The Morgan fingerprint density at radius 3 is 1.50 bits per heavy atom. The molecule has 0 rings (SSSR count). The zero-order valence-electron chi connectivity index (χ0n) is 2.83. The molecule has 0 aliphatic heterocycles. The van der Waals surface area contributed by atoms with Crippen molar-refractivity contribution in [1.29, 1.82) is 0 Å². The maximum Gasteiger partial charge on any atom is 0.423 e. The summed E-state index contributed by atoms with van der Waals surface area (Å²) >= 11 is 0. The van der Waals surface area contributed by atoms with E-state index < -0.39 is 10.4 Å². The Labute approximate surface area is 72.9 Å². The van der Waals surface area contributed by atoms with E-state index in [1.165, 1.54) is 0 Å². The topological polar surface area (TPSA) is 83.8 Å². The third kappa shape index (κ3) is 15.7. The molecule has 5 nitrogen and oxygen atoms in total. The Morgan fingerprint density at radius 2 is 1.50 bits per heavy atom. The summed E-state index contributed by atoms with van der Waals surface area (Å²) in [4.78, 5) is 0. The van der Waals surface area contributed by atoms with Gasteiger partial charge in [0.05, 0.1) is 0 Å². The number of hydrogen-bond donors (Lipinski definition) is 2. The van der Waals surface area contributed by atoms with Gasteiger partial charge in [0.15, 0.2) is 0 Å². The van der Waals surface area contributed by atoms with Crippen molar-refractivity contribution in [3.05, 3.63) is 0 Å². The van der Waals surface area contributed by atoms with Gasteiger partial charge in [0, 0.05) is 17.1 Å². The van der Waals surface area contributed by atoms with Gasteiger partial charge in [-0.05, 0) is 0 Å². The fraction of sp³-hybridized carbons (Fsp3) is 0. The van der Waals surface area contributed by atoms with E-state index >= 15 is 0 Å². The summed E-state index contributed by atoms with van der Waals surface area (Å²) in [6.07, 6.45) is 0. The molecule has 0 aliphatic carbocycles. The van der Waals surface area contributed by atoms with Crippen LogP contribution in [0.25, 0.3) is 0 Å². The van der Waals surface area contributed by atoms with Gasteiger partial charge in [-0.3, -0.25) is 4.55 Å². The van der Waals surface area contributed by atoms with E-state index in [9.17, 15) is 0 Å². The third-order valence-electron chi connectivity index (χ3n) is 0.0942. The van der Waals surface area contributed by atoms with Crippen LogP contribution >= 0.6 is 0 Å². The van der Waals surface area contributed by atoms with E-state index in [0.717, 1.165) is 0 Å². The first-order valence-corrected chi connectivity index (χ1v) is 2.23. The van der Waals surface area contributed by atoms with Crippen molar-refractivity contribution in [2.24, 2.45) is 0 Å². The molecular weight excluding hydrogens is 200 g/mol.